The van der Waals surface area contributed by atoms with Crippen molar-refractivity contribution < 1.29 is 9.21 Å². The number of fused-ring (bicyclic) bond motifs is 2. The van der Waals surface area contributed by atoms with Crippen molar-refractivity contribution in [2.45, 2.75) is 25.8 Å². The lowest BCUT2D eigenvalue weighted by Crippen LogP contribution is -2.37. The standard InChI is InChI=1S/C25H25N7O2/c1-15(33)31-7-5-19(6-8-31)32-14-18(11-28-32)21-12-27-25(26)24-20(21)10-23(34-24)16-3-4-22-17(9-16)13-30(2)29-22/h3-4,9-14,19H,5-8H2,1-2H3,(H2,26,27). The Bertz CT molecular complexity index is 1540. The number of furan rings is 1. The van der Waals surface area contributed by atoms with Crippen LogP contribution in [0.4, 0.5) is 5.82 Å². The van der Waals surface area contributed by atoms with Crippen molar-refractivity contribution in [2.24, 2.45) is 7.05 Å². The molecule has 9 heteroatoms. The average molecular weight is 456 g/mol. The van der Waals surface area contributed by atoms with Gasteiger partial charge in [0.2, 0.25) is 5.91 Å². The van der Waals surface area contributed by atoms with Gasteiger partial charge in [-0.2, -0.15) is 10.2 Å². The van der Waals surface area contributed by atoms with Gasteiger partial charge >= 0.3 is 0 Å². The van der Waals surface area contributed by atoms with Crippen LogP contribution in [-0.2, 0) is 11.8 Å². The van der Waals surface area contributed by atoms with E-state index in [-0.39, 0.29) is 11.9 Å². The first-order chi connectivity index (χ1) is 16.5. The van der Waals surface area contributed by atoms with Crippen molar-refractivity contribution >= 4 is 33.6 Å². The van der Waals surface area contributed by atoms with Gasteiger partial charge in [0.25, 0.3) is 0 Å². The summed E-state index contributed by atoms with van der Waals surface area (Å²) in [7, 11) is 1.91. The fourth-order valence-corrected chi connectivity index (χ4v) is 4.84. The maximum absolute atomic E-state index is 11.6. The Morgan fingerprint density at radius 2 is 1.94 bits per heavy atom. The molecule has 1 fully saturated rings. The Labute approximate surface area is 195 Å². The predicted octanol–water partition coefficient (Wildman–Crippen LogP) is 4.01. The highest BCUT2D eigenvalue weighted by molar-refractivity contribution is 6.00. The van der Waals surface area contributed by atoms with Crippen LogP contribution in [0.15, 0.2) is 53.5 Å². The van der Waals surface area contributed by atoms with Gasteiger partial charge in [-0.15, -0.1) is 0 Å². The first-order valence-corrected chi connectivity index (χ1v) is 11.4. The Balaban J connectivity index is 1.35. The molecule has 4 aromatic heterocycles. The van der Waals surface area contributed by atoms with Crippen LogP contribution in [0.1, 0.15) is 25.8 Å². The fraction of sp³-hybridized carbons (Fsp3) is 0.280. The molecule has 1 aromatic carbocycles. The molecule has 2 N–H and O–H groups in total. The molecule has 0 atom stereocenters. The summed E-state index contributed by atoms with van der Waals surface area (Å²) < 4.78 is 9.99. The van der Waals surface area contributed by atoms with E-state index in [9.17, 15) is 4.79 Å². The monoisotopic (exact) mass is 455 g/mol. The number of likely N-dealkylation sites (tertiary alicyclic amines) is 1. The van der Waals surface area contributed by atoms with Crippen LogP contribution >= 0.6 is 0 Å². The number of aryl methyl sites for hydroxylation is 1. The van der Waals surface area contributed by atoms with Gasteiger partial charge in [-0.1, -0.05) is 0 Å². The number of carbonyl (C=O) groups excluding carboxylic acids is 1. The second-order valence-corrected chi connectivity index (χ2v) is 8.93. The lowest BCUT2D eigenvalue weighted by molar-refractivity contribution is -0.130. The van der Waals surface area contributed by atoms with Gasteiger partial charge < -0.3 is 15.1 Å². The first-order valence-electron chi connectivity index (χ1n) is 11.4. The van der Waals surface area contributed by atoms with E-state index in [0.717, 1.165) is 64.7 Å². The van der Waals surface area contributed by atoms with Crippen LogP contribution in [0.2, 0.25) is 0 Å². The zero-order valence-electron chi connectivity index (χ0n) is 19.1. The number of hydrogen-bond donors (Lipinski definition) is 1. The third-order valence-electron chi connectivity index (χ3n) is 6.69. The molecule has 172 valence electrons. The molecule has 34 heavy (non-hydrogen) atoms. The lowest BCUT2D eigenvalue weighted by atomic mass is 10.0. The molecule has 1 aliphatic heterocycles. The first kappa shape index (κ1) is 20.5. The van der Waals surface area contributed by atoms with Crippen LogP contribution in [0.3, 0.4) is 0 Å². The second-order valence-electron chi connectivity index (χ2n) is 8.93. The normalized spacial score (nSPS) is 14.9. The highest BCUT2D eigenvalue weighted by Gasteiger charge is 2.23. The van der Waals surface area contributed by atoms with Gasteiger partial charge in [0.15, 0.2) is 11.4 Å². The van der Waals surface area contributed by atoms with Gasteiger partial charge in [-0.25, -0.2) is 4.98 Å². The van der Waals surface area contributed by atoms with Crippen LogP contribution in [-0.4, -0.2) is 48.4 Å². The summed E-state index contributed by atoms with van der Waals surface area (Å²) in [5.41, 5.74) is 10.5. The molecule has 0 radical (unpaired) electrons. The highest BCUT2D eigenvalue weighted by Crippen LogP contribution is 2.37. The van der Waals surface area contributed by atoms with Crippen molar-refractivity contribution in [3.8, 4) is 22.5 Å². The number of rotatable bonds is 3. The van der Waals surface area contributed by atoms with E-state index in [4.69, 9.17) is 10.2 Å². The third kappa shape index (κ3) is 3.40. The number of piperidine rings is 1. The zero-order valence-corrected chi connectivity index (χ0v) is 19.1. The molecule has 1 aliphatic rings. The molecule has 1 saturated heterocycles. The number of anilines is 1. The molecule has 0 bridgehead atoms. The maximum atomic E-state index is 11.6. The van der Waals surface area contributed by atoms with Crippen molar-refractivity contribution in [3.05, 3.63) is 49.1 Å². The van der Waals surface area contributed by atoms with E-state index in [2.05, 4.69) is 27.4 Å². The van der Waals surface area contributed by atoms with E-state index < -0.39 is 0 Å². The molecule has 0 unspecified atom stereocenters. The van der Waals surface area contributed by atoms with Crippen molar-refractivity contribution in [1.29, 1.82) is 0 Å². The van der Waals surface area contributed by atoms with Gasteiger partial charge in [-0.3, -0.25) is 14.2 Å². The Morgan fingerprint density at radius 3 is 2.74 bits per heavy atom. The van der Waals surface area contributed by atoms with Crippen LogP contribution < -0.4 is 5.73 Å². The molecular formula is C25H25N7O2. The summed E-state index contributed by atoms with van der Waals surface area (Å²) in [5, 5.41) is 11.0. The average Bonchev–Trinajstić information content (AvgIpc) is 3.57. The van der Waals surface area contributed by atoms with E-state index in [1.807, 2.05) is 47.2 Å². The molecule has 0 spiro atoms. The quantitative estimate of drug-likeness (QED) is 0.440. The van der Waals surface area contributed by atoms with Crippen LogP contribution in [0.5, 0.6) is 0 Å². The van der Waals surface area contributed by atoms with Crippen LogP contribution in [0.25, 0.3) is 44.3 Å². The number of benzene rings is 1. The summed E-state index contributed by atoms with van der Waals surface area (Å²) in [4.78, 5) is 17.9. The topological polar surface area (TPSA) is 108 Å². The summed E-state index contributed by atoms with van der Waals surface area (Å²) in [5.74, 6) is 1.22. The van der Waals surface area contributed by atoms with E-state index >= 15 is 0 Å². The van der Waals surface area contributed by atoms with Gasteiger partial charge in [0.05, 0.1) is 17.8 Å². The minimum absolute atomic E-state index is 0.133. The summed E-state index contributed by atoms with van der Waals surface area (Å²) >= 11 is 0. The summed E-state index contributed by atoms with van der Waals surface area (Å²) in [6, 6.07) is 8.34. The molecule has 0 aliphatic carbocycles. The van der Waals surface area contributed by atoms with Crippen molar-refractivity contribution in [1.82, 2.24) is 29.4 Å². The maximum Gasteiger partial charge on any atom is 0.219 e. The van der Waals surface area contributed by atoms with Crippen molar-refractivity contribution in [3.63, 3.8) is 0 Å². The lowest BCUT2D eigenvalue weighted by Gasteiger charge is -2.31. The van der Waals surface area contributed by atoms with E-state index in [0.29, 0.717) is 11.4 Å². The van der Waals surface area contributed by atoms with Gasteiger partial charge in [0.1, 0.15) is 5.76 Å². The summed E-state index contributed by atoms with van der Waals surface area (Å²) in [6.07, 6.45) is 9.46. The molecule has 0 saturated carbocycles. The molecule has 1 amide bonds. The number of carbonyl (C=O) groups is 1. The smallest absolute Gasteiger partial charge is 0.219 e. The number of aromatic nitrogens is 5. The Hall–Kier alpha value is -4.14. The minimum Gasteiger partial charge on any atom is -0.452 e. The minimum atomic E-state index is 0.133. The molecular weight excluding hydrogens is 430 g/mol. The number of amides is 1. The Kier molecular flexibility index (Phi) is 4.65. The number of nitrogens with zero attached hydrogens (tertiary/aromatic N) is 6. The van der Waals surface area contributed by atoms with E-state index in [1.54, 1.807) is 17.8 Å². The molecule has 9 nitrogen and oxygen atoms in total. The number of nitrogen functional groups attached to an aromatic ring is 1. The summed E-state index contributed by atoms with van der Waals surface area (Å²) in [6.45, 7) is 3.14. The van der Waals surface area contributed by atoms with E-state index in [1.165, 1.54) is 0 Å². The zero-order chi connectivity index (χ0) is 23.4. The Morgan fingerprint density at radius 1 is 1.12 bits per heavy atom. The van der Waals surface area contributed by atoms with Gasteiger partial charge in [-0.05, 0) is 37.1 Å². The van der Waals surface area contributed by atoms with Crippen LogP contribution in [0, 0.1) is 0 Å². The second kappa shape index (κ2) is 7.72. The SMILES string of the molecule is CC(=O)N1CCC(n2cc(-c3cnc(N)c4oc(-c5ccc6nn(C)cc6c5)cc34)cn2)CC1. The molecule has 5 heterocycles. The van der Waals surface area contributed by atoms with Gasteiger partial charge in [0, 0.05) is 73.1 Å². The third-order valence-corrected chi connectivity index (χ3v) is 6.69. The molecule has 6 rings (SSSR count). The number of hydrogen-bond acceptors (Lipinski definition) is 6. The predicted molar refractivity (Wildman–Crippen MR) is 130 cm³/mol. The largest absolute Gasteiger partial charge is 0.452 e. The number of pyridine rings is 1. The number of nitrogens with two attached hydrogens (primary N) is 1. The van der Waals surface area contributed by atoms with Crippen molar-refractivity contribution in [2.75, 3.05) is 18.8 Å². The highest BCUT2D eigenvalue weighted by atomic mass is 16.3. The molecule has 5 aromatic rings. The fourth-order valence-electron chi connectivity index (χ4n) is 4.84.